The standard InChI is InChI=1S/C20H19FN4OS2/c1-14-22-23-20(25(14)15-7-3-2-4-8-15)28-13-18(26)24-11-12-27-19(24)16-9-5-6-10-17(16)21/h2-10,19H,11-13H2,1H3. The van der Waals surface area contributed by atoms with Crippen LogP contribution in [0.25, 0.3) is 5.69 Å². The lowest BCUT2D eigenvalue weighted by molar-refractivity contribution is -0.128. The highest BCUT2D eigenvalue weighted by Crippen LogP contribution is 2.39. The van der Waals surface area contributed by atoms with Crippen molar-refractivity contribution in [3.05, 3.63) is 71.8 Å². The molecule has 1 aromatic heterocycles. The minimum atomic E-state index is -0.275. The van der Waals surface area contributed by atoms with Gasteiger partial charge in [0.1, 0.15) is 17.0 Å². The summed E-state index contributed by atoms with van der Waals surface area (Å²) in [7, 11) is 0. The Morgan fingerprint density at radius 1 is 1.18 bits per heavy atom. The van der Waals surface area contributed by atoms with Gasteiger partial charge >= 0.3 is 0 Å². The van der Waals surface area contributed by atoms with Gasteiger partial charge < -0.3 is 4.90 Å². The number of carbonyl (C=O) groups is 1. The molecule has 1 aliphatic rings. The van der Waals surface area contributed by atoms with Gasteiger partial charge in [0, 0.05) is 23.5 Å². The number of rotatable bonds is 5. The predicted octanol–water partition coefficient (Wildman–Crippen LogP) is 4.08. The zero-order chi connectivity index (χ0) is 19.5. The molecule has 0 bridgehead atoms. The van der Waals surface area contributed by atoms with E-state index in [1.54, 1.807) is 34.9 Å². The maximum absolute atomic E-state index is 14.2. The summed E-state index contributed by atoms with van der Waals surface area (Å²) in [6, 6.07) is 16.5. The van der Waals surface area contributed by atoms with E-state index in [1.807, 2.05) is 41.8 Å². The zero-order valence-electron chi connectivity index (χ0n) is 15.3. The molecule has 0 spiro atoms. The summed E-state index contributed by atoms with van der Waals surface area (Å²) in [5.74, 6) is 1.50. The van der Waals surface area contributed by atoms with Crippen LogP contribution in [0.2, 0.25) is 0 Å². The van der Waals surface area contributed by atoms with Gasteiger partial charge in [-0.15, -0.1) is 22.0 Å². The molecule has 0 saturated carbocycles. The lowest BCUT2D eigenvalue weighted by atomic mass is 10.2. The number of hydrogen-bond acceptors (Lipinski definition) is 5. The van der Waals surface area contributed by atoms with E-state index in [4.69, 9.17) is 0 Å². The van der Waals surface area contributed by atoms with Crippen molar-refractivity contribution < 1.29 is 9.18 Å². The van der Waals surface area contributed by atoms with E-state index in [-0.39, 0.29) is 22.9 Å². The Kier molecular flexibility index (Phi) is 5.68. The molecule has 1 atom stereocenters. The average molecular weight is 415 g/mol. The number of para-hydroxylation sites is 1. The highest BCUT2D eigenvalue weighted by molar-refractivity contribution is 8.00. The van der Waals surface area contributed by atoms with Gasteiger partial charge in [-0.05, 0) is 25.1 Å². The highest BCUT2D eigenvalue weighted by Gasteiger charge is 2.32. The van der Waals surface area contributed by atoms with Crippen LogP contribution in [-0.2, 0) is 4.79 Å². The topological polar surface area (TPSA) is 51.0 Å². The van der Waals surface area contributed by atoms with E-state index in [0.717, 1.165) is 17.3 Å². The van der Waals surface area contributed by atoms with Gasteiger partial charge in [-0.25, -0.2) is 4.39 Å². The van der Waals surface area contributed by atoms with Gasteiger partial charge in [-0.3, -0.25) is 9.36 Å². The normalized spacial score (nSPS) is 16.5. The summed E-state index contributed by atoms with van der Waals surface area (Å²) in [4.78, 5) is 14.6. The minimum Gasteiger partial charge on any atom is -0.325 e. The summed E-state index contributed by atoms with van der Waals surface area (Å²) in [6.07, 6.45) is 0. The summed E-state index contributed by atoms with van der Waals surface area (Å²) in [5, 5.41) is 8.78. The molecule has 0 N–H and O–H groups in total. The van der Waals surface area contributed by atoms with Crippen LogP contribution in [0.3, 0.4) is 0 Å². The van der Waals surface area contributed by atoms with Crippen molar-refractivity contribution in [3.63, 3.8) is 0 Å². The van der Waals surface area contributed by atoms with Gasteiger partial charge in [-0.2, -0.15) is 0 Å². The molecule has 3 aromatic rings. The molecule has 1 aliphatic heterocycles. The minimum absolute atomic E-state index is 0.0245. The number of amides is 1. The fraction of sp³-hybridized carbons (Fsp3) is 0.250. The third-order valence-electron chi connectivity index (χ3n) is 4.52. The fourth-order valence-corrected chi connectivity index (χ4v) is 5.36. The molecule has 8 heteroatoms. The van der Waals surface area contributed by atoms with Crippen LogP contribution in [0.5, 0.6) is 0 Å². The lowest BCUT2D eigenvalue weighted by Crippen LogP contribution is -2.32. The van der Waals surface area contributed by atoms with E-state index in [1.165, 1.54) is 17.8 Å². The van der Waals surface area contributed by atoms with E-state index in [0.29, 0.717) is 17.3 Å². The second-order valence-electron chi connectivity index (χ2n) is 6.32. The molecule has 5 nitrogen and oxygen atoms in total. The first-order valence-corrected chi connectivity index (χ1v) is 10.9. The van der Waals surface area contributed by atoms with Crippen LogP contribution in [0.15, 0.2) is 59.8 Å². The van der Waals surface area contributed by atoms with Crippen molar-refractivity contribution >= 4 is 29.4 Å². The molecule has 0 radical (unpaired) electrons. The third-order valence-corrected chi connectivity index (χ3v) is 6.67. The molecule has 28 heavy (non-hydrogen) atoms. The van der Waals surface area contributed by atoms with Crippen LogP contribution >= 0.6 is 23.5 Å². The first-order valence-electron chi connectivity index (χ1n) is 8.91. The van der Waals surface area contributed by atoms with Crippen molar-refractivity contribution in [1.82, 2.24) is 19.7 Å². The summed E-state index contributed by atoms with van der Waals surface area (Å²) < 4.78 is 16.1. The second kappa shape index (κ2) is 8.36. The van der Waals surface area contributed by atoms with Gasteiger partial charge in [0.2, 0.25) is 5.91 Å². The number of nitrogens with zero attached hydrogens (tertiary/aromatic N) is 4. The van der Waals surface area contributed by atoms with Crippen LogP contribution < -0.4 is 0 Å². The molecule has 4 rings (SSSR count). The number of aromatic nitrogens is 3. The molecule has 1 amide bonds. The number of benzene rings is 2. The Morgan fingerprint density at radius 2 is 1.93 bits per heavy atom. The zero-order valence-corrected chi connectivity index (χ0v) is 16.9. The Labute approximate surface area is 171 Å². The van der Waals surface area contributed by atoms with Crippen LogP contribution in [0.1, 0.15) is 16.8 Å². The van der Waals surface area contributed by atoms with E-state index in [9.17, 15) is 9.18 Å². The Hall–Kier alpha value is -2.32. The van der Waals surface area contributed by atoms with E-state index >= 15 is 0 Å². The quantitative estimate of drug-likeness (QED) is 0.589. The molecular weight excluding hydrogens is 395 g/mol. The number of halogens is 1. The fourth-order valence-electron chi connectivity index (χ4n) is 3.18. The van der Waals surface area contributed by atoms with Crippen LogP contribution in [0, 0.1) is 12.7 Å². The first kappa shape index (κ1) is 19.0. The molecule has 2 aromatic carbocycles. The number of carbonyl (C=O) groups excluding carboxylic acids is 1. The van der Waals surface area contributed by atoms with E-state index in [2.05, 4.69) is 10.2 Å². The molecule has 144 valence electrons. The SMILES string of the molecule is Cc1nnc(SCC(=O)N2CCSC2c2ccccc2F)n1-c1ccccc1. The van der Waals surface area contributed by atoms with Crippen molar-refractivity contribution in [3.8, 4) is 5.69 Å². The van der Waals surface area contributed by atoms with Crippen LogP contribution in [-0.4, -0.2) is 43.6 Å². The van der Waals surface area contributed by atoms with Gasteiger partial charge in [0.15, 0.2) is 5.16 Å². The lowest BCUT2D eigenvalue weighted by Gasteiger charge is -2.24. The molecule has 2 heterocycles. The largest absolute Gasteiger partial charge is 0.325 e. The van der Waals surface area contributed by atoms with Gasteiger partial charge in [-0.1, -0.05) is 48.2 Å². The second-order valence-corrected chi connectivity index (χ2v) is 8.45. The van der Waals surface area contributed by atoms with Crippen LogP contribution in [0.4, 0.5) is 4.39 Å². The number of aryl methyl sites for hydroxylation is 1. The van der Waals surface area contributed by atoms with Crippen molar-refractivity contribution in [2.24, 2.45) is 0 Å². The van der Waals surface area contributed by atoms with Crippen molar-refractivity contribution in [1.29, 1.82) is 0 Å². The summed E-state index contributed by atoms with van der Waals surface area (Å²) in [5.41, 5.74) is 1.52. The summed E-state index contributed by atoms with van der Waals surface area (Å²) in [6.45, 7) is 2.50. The molecular formula is C20H19FN4OS2. The Morgan fingerprint density at radius 3 is 2.71 bits per heavy atom. The molecule has 1 saturated heterocycles. The van der Waals surface area contributed by atoms with E-state index < -0.39 is 0 Å². The molecule has 0 aliphatic carbocycles. The highest BCUT2D eigenvalue weighted by atomic mass is 32.2. The summed E-state index contributed by atoms with van der Waals surface area (Å²) >= 11 is 2.95. The third kappa shape index (κ3) is 3.79. The predicted molar refractivity (Wildman–Crippen MR) is 110 cm³/mol. The monoisotopic (exact) mass is 414 g/mol. The maximum atomic E-state index is 14.2. The number of thioether (sulfide) groups is 2. The Bertz CT molecular complexity index is 979. The smallest absolute Gasteiger partial charge is 0.234 e. The van der Waals surface area contributed by atoms with Crippen molar-refractivity contribution in [2.75, 3.05) is 18.1 Å². The number of hydrogen-bond donors (Lipinski definition) is 0. The maximum Gasteiger partial charge on any atom is 0.234 e. The van der Waals surface area contributed by atoms with Gasteiger partial charge in [0.25, 0.3) is 0 Å². The first-order chi connectivity index (χ1) is 13.6. The molecule has 1 fully saturated rings. The Balaban J connectivity index is 1.49. The van der Waals surface area contributed by atoms with Gasteiger partial charge in [0.05, 0.1) is 5.75 Å². The molecule has 1 unspecified atom stereocenters. The average Bonchev–Trinajstić information content (AvgIpc) is 3.34. The van der Waals surface area contributed by atoms with Crippen molar-refractivity contribution in [2.45, 2.75) is 17.5 Å².